The second-order valence-corrected chi connectivity index (χ2v) is 7.24. The van der Waals surface area contributed by atoms with E-state index in [0.717, 1.165) is 42.0 Å². The van der Waals surface area contributed by atoms with Crippen LogP contribution in [0.2, 0.25) is 0 Å². The number of fused-ring (bicyclic) bond motifs is 1. The molecular formula is C21H26N2O3. The highest BCUT2D eigenvalue weighted by atomic mass is 16.7. The highest BCUT2D eigenvalue weighted by Crippen LogP contribution is 2.45. The van der Waals surface area contributed by atoms with Gasteiger partial charge in [-0.3, -0.25) is 0 Å². The molecule has 0 fully saturated rings. The van der Waals surface area contributed by atoms with Crippen molar-refractivity contribution < 1.29 is 14.6 Å². The van der Waals surface area contributed by atoms with Crippen molar-refractivity contribution in [3.05, 3.63) is 41.6 Å². The molecule has 0 radical (unpaired) electrons. The molecule has 1 atom stereocenters. The Balaban J connectivity index is 2.36. The molecule has 0 saturated heterocycles. The summed E-state index contributed by atoms with van der Waals surface area (Å²) in [5, 5.41) is 9.34. The van der Waals surface area contributed by atoms with Gasteiger partial charge in [0.2, 0.25) is 0 Å². The predicted molar refractivity (Wildman–Crippen MR) is 103 cm³/mol. The Morgan fingerprint density at radius 3 is 2.62 bits per heavy atom. The van der Waals surface area contributed by atoms with Gasteiger partial charge >= 0.3 is 6.16 Å². The van der Waals surface area contributed by atoms with Crippen LogP contribution in [0.5, 0.6) is 5.75 Å². The van der Waals surface area contributed by atoms with Crippen LogP contribution in [0, 0.1) is 5.92 Å². The molecule has 1 aliphatic rings. The van der Waals surface area contributed by atoms with Crippen LogP contribution in [-0.4, -0.2) is 29.3 Å². The maximum absolute atomic E-state index is 11.4. The molecule has 5 nitrogen and oxygen atoms in total. The highest BCUT2D eigenvalue weighted by Gasteiger charge is 2.31. The summed E-state index contributed by atoms with van der Waals surface area (Å²) < 4.78 is 5.30. The van der Waals surface area contributed by atoms with Crippen LogP contribution in [0.3, 0.4) is 0 Å². The lowest BCUT2D eigenvalue weighted by atomic mass is 9.87. The molecule has 0 aliphatic carbocycles. The van der Waals surface area contributed by atoms with E-state index < -0.39 is 6.16 Å². The highest BCUT2D eigenvalue weighted by molar-refractivity contribution is 5.82. The van der Waals surface area contributed by atoms with Gasteiger partial charge in [-0.25, -0.2) is 9.78 Å². The fourth-order valence-corrected chi connectivity index (χ4v) is 3.71. The van der Waals surface area contributed by atoms with Crippen molar-refractivity contribution in [3.8, 4) is 16.9 Å². The molecule has 1 aromatic carbocycles. The Bertz CT molecular complexity index is 803. The maximum atomic E-state index is 11.4. The molecule has 1 unspecified atom stereocenters. The summed E-state index contributed by atoms with van der Waals surface area (Å²) in [4.78, 5) is 18.6. The fourth-order valence-electron chi connectivity index (χ4n) is 3.71. The van der Waals surface area contributed by atoms with Crippen molar-refractivity contribution in [1.29, 1.82) is 0 Å². The van der Waals surface area contributed by atoms with Gasteiger partial charge < -0.3 is 14.7 Å². The molecule has 0 spiro atoms. The number of ether oxygens (including phenoxy) is 1. The quantitative estimate of drug-likeness (QED) is 0.787. The Morgan fingerprint density at radius 2 is 2.04 bits per heavy atom. The molecule has 0 saturated carbocycles. The number of hydrogen-bond acceptors (Lipinski definition) is 4. The van der Waals surface area contributed by atoms with Gasteiger partial charge in [-0.1, -0.05) is 51.1 Å². The number of aromatic nitrogens is 1. The standard InChI is InChI=1S/C21H26N2O3/c1-5-23-12-14(4)11-16-17(15-9-7-6-8-10-15)19(26-21(24)25)18(13(2)3)22-20(16)23/h6-10,13-14H,5,11-12H2,1-4H3,(H,24,25). The lowest BCUT2D eigenvalue weighted by Gasteiger charge is -2.35. The van der Waals surface area contributed by atoms with E-state index in [4.69, 9.17) is 9.72 Å². The molecule has 26 heavy (non-hydrogen) atoms. The van der Waals surface area contributed by atoms with E-state index in [-0.39, 0.29) is 5.92 Å². The van der Waals surface area contributed by atoms with Gasteiger partial charge in [-0.05, 0) is 30.7 Å². The van der Waals surface area contributed by atoms with E-state index in [9.17, 15) is 9.90 Å². The smallest absolute Gasteiger partial charge is 0.449 e. The first-order valence-electron chi connectivity index (χ1n) is 9.20. The Kier molecular flexibility index (Phi) is 5.16. The minimum absolute atomic E-state index is 0.0511. The third-order valence-electron chi connectivity index (χ3n) is 4.82. The lowest BCUT2D eigenvalue weighted by Crippen LogP contribution is -2.35. The number of carboxylic acid groups (broad SMARTS) is 1. The van der Waals surface area contributed by atoms with Crippen molar-refractivity contribution in [2.24, 2.45) is 5.92 Å². The average molecular weight is 354 g/mol. The Hall–Kier alpha value is -2.56. The second-order valence-electron chi connectivity index (χ2n) is 7.24. The summed E-state index contributed by atoms with van der Waals surface area (Å²) >= 11 is 0. The third kappa shape index (κ3) is 3.39. The van der Waals surface area contributed by atoms with Crippen LogP contribution in [-0.2, 0) is 6.42 Å². The summed E-state index contributed by atoms with van der Waals surface area (Å²) in [6, 6.07) is 9.89. The fraction of sp³-hybridized carbons (Fsp3) is 0.429. The number of anilines is 1. The van der Waals surface area contributed by atoms with Crippen molar-refractivity contribution in [2.45, 2.75) is 40.0 Å². The maximum Gasteiger partial charge on any atom is 0.511 e. The van der Waals surface area contributed by atoms with Gasteiger partial charge in [-0.2, -0.15) is 0 Å². The molecule has 2 heterocycles. The first-order chi connectivity index (χ1) is 12.4. The van der Waals surface area contributed by atoms with Crippen molar-refractivity contribution in [1.82, 2.24) is 4.98 Å². The van der Waals surface area contributed by atoms with Gasteiger partial charge in [0.15, 0.2) is 5.75 Å². The van der Waals surface area contributed by atoms with E-state index in [1.807, 2.05) is 44.2 Å². The molecular weight excluding hydrogens is 328 g/mol. The summed E-state index contributed by atoms with van der Waals surface area (Å²) in [5.74, 6) is 1.86. The van der Waals surface area contributed by atoms with Crippen molar-refractivity contribution in [2.75, 3.05) is 18.0 Å². The molecule has 0 amide bonds. The molecule has 1 aliphatic heterocycles. The number of pyridine rings is 1. The molecule has 3 rings (SSSR count). The van der Waals surface area contributed by atoms with Gasteiger partial charge in [-0.15, -0.1) is 0 Å². The number of nitrogens with zero attached hydrogens (tertiary/aromatic N) is 2. The molecule has 5 heteroatoms. The van der Waals surface area contributed by atoms with Crippen molar-refractivity contribution in [3.63, 3.8) is 0 Å². The molecule has 1 N–H and O–H groups in total. The van der Waals surface area contributed by atoms with E-state index >= 15 is 0 Å². The molecule has 2 aromatic rings. The summed E-state index contributed by atoms with van der Waals surface area (Å²) in [5.41, 5.74) is 3.61. The summed E-state index contributed by atoms with van der Waals surface area (Å²) in [6.45, 7) is 10.2. The zero-order valence-electron chi connectivity index (χ0n) is 15.8. The van der Waals surface area contributed by atoms with Crippen LogP contribution in [0.1, 0.15) is 44.9 Å². The normalized spacial score (nSPS) is 16.5. The molecule has 1 aromatic heterocycles. The zero-order valence-corrected chi connectivity index (χ0v) is 15.8. The van der Waals surface area contributed by atoms with E-state index in [1.165, 1.54) is 0 Å². The lowest BCUT2D eigenvalue weighted by molar-refractivity contribution is 0.144. The zero-order chi connectivity index (χ0) is 18.8. The van der Waals surface area contributed by atoms with Crippen LogP contribution in [0.4, 0.5) is 10.6 Å². The topological polar surface area (TPSA) is 62.7 Å². The molecule has 0 bridgehead atoms. The van der Waals surface area contributed by atoms with Crippen LogP contribution >= 0.6 is 0 Å². The van der Waals surface area contributed by atoms with E-state index in [0.29, 0.717) is 17.4 Å². The summed E-state index contributed by atoms with van der Waals surface area (Å²) in [6.07, 6.45) is -0.445. The second kappa shape index (κ2) is 7.36. The Labute approximate surface area is 154 Å². The van der Waals surface area contributed by atoms with E-state index in [1.54, 1.807) is 0 Å². The minimum Gasteiger partial charge on any atom is -0.449 e. The minimum atomic E-state index is -1.30. The number of rotatable bonds is 4. The monoisotopic (exact) mass is 354 g/mol. The van der Waals surface area contributed by atoms with E-state index in [2.05, 4.69) is 18.7 Å². The van der Waals surface area contributed by atoms with Crippen LogP contribution in [0.15, 0.2) is 30.3 Å². The number of hydrogen-bond donors (Lipinski definition) is 1. The Morgan fingerprint density at radius 1 is 1.35 bits per heavy atom. The third-order valence-corrected chi connectivity index (χ3v) is 4.82. The van der Waals surface area contributed by atoms with Crippen molar-refractivity contribution >= 4 is 12.0 Å². The van der Waals surface area contributed by atoms with Gasteiger partial charge in [0, 0.05) is 24.2 Å². The predicted octanol–water partition coefficient (Wildman–Crippen LogP) is 4.95. The van der Waals surface area contributed by atoms with Crippen LogP contribution < -0.4 is 9.64 Å². The van der Waals surface area contributed by atoms with Crippen LogP contribution in [0.25, 0.3) is 11.1 Å². The first kappa shape index (κ1) is 18.2. The first-order valence-corrected chi connectivity index (χ1v) is 9.20. The molecule has 138 valence electrons. The van der Waals surface area contributed by atoms with Gasteiger partial charge in [0.1, 0.15) is 5.82 Å². The largest absolute Gasteiger partial charge is 0.511 e. The van der Waals surface area contributed by atoms with Gasteiger partial charge in [0.05, 0.1) is 5.69 Å². The van der Waals surface area contributed by atoms with Gasteiger partial charge in [0.25, 0.3) is 0 Å². The number of benzene rings is 1. The number of carbonyl (C=O) groups is 1. The SMILES string of the molecule is CCN1CC(C)Cc2c1nc(C(C)C)c(OC(=O)O)c2-c1ccccc1. The summed E-state index contributed by atoms with van der Waals surface area (Å²) in [7, 11) is 0. The average Bonchev–Trinajstić information content (AvgIpc) is 2.60.